The zero-order chi connectivity index (χ0) is 19.0. The van der Waals surface area contributed by atoms with Crippen molar-refractivity contribution in [3.63, 3.8) is 0 Å². The molecule has 0 radical (unpaired) electrons. The predicted octanol–water partition coefficient (Wildman–Crippen LogP) is 5.60. The average molecular weight is 432 g/mol. The minimum absolute atomic E-state index is 0.107. The summed E-state index contributed by atoms with van der Waals surface area (Å²) in [4.78, 5) is 26.5. The molecule has 3 rings (SSSR count). The molecule has 26 heavy (non-hydrogen) atoms. The highest BCUT2D eigenvalue weighted by atomic mass is 35.5. The Kier molecular flexibility index (Phi) is 5.68. The molecule has 1 N–H and O–H groups in total. The Balaban J connectivity index is 1.75. The highest BCUT2D eigenvalue weighted by molar-refractivity contribution is 6.44. The first-order valence-electron chi connectivity index (χ1n) is 7.78. The van der Waals surface area contributed by atoms with Gasteiger partial charge in [0.05, 0.1) is 26.7 Å². The van der Waals surface area contributed by atoms with Crippen molar-refractivity contribution in [3.05, 3.63) is 56.0 Å². The maximum absolute atomic E-state index is 12.6. The highest BCUT2D eigenvalue weighted by Gasteiger charge is 2.35. The van der Waals surface area contributed by atoms with Crippen LogP contribution in [0.1, 0.15) is 12.0 Å². The molecule has 1 saturated heterocycles. The molecular weight excluding hydrogens is 418 g/mol. The van der Waals surface area contributed by atoms with Gasteiger partial charge < -0.3 is 10.2 Å². The van der Waals surface area contributed by atoms with Crippen molar-refractivity contribution in [1.29, 1.82) is 0 Å². The summed E-state index contributed by atoms with van der Waals surface area (Å²) < 4.78 is 0. The molecule has 1 heterocycles. The number of nitrogens with zero attached hydrogens (tertiary/aromatic N) is 1. The van der Waals surface area contributed by atoms with Crippen LogP contribution in [0.4, 0.5) is 11.4 Å². The van der Waals surface area contributed by atoms with Crippen LogP contribution in [0.2, 0.25) is 20.1 Å². The number of hydrogen-bond acceptors (Lipinski definition) is 2. The van der Waals surface area contributed by atoms with Gasteiger partial charge in [0.25, 0.3) is 0 Å². The van der Waals surface area contributed by atoms with Crippen LogP contribution < -0.4 is 10.2 Å². The van der Waals surface area contributed by atoms with Crippen LogP contribution in [-0.4, -0.2) is 18.4 Å². The van der Waals surface area contributed by atoms with E-state index < -0.39 is 5.92 Å². The zero-order valence-electron chi connectivity index (χ0n) is 13.7. The maximum Gasteiger partial charge on any atom is 0.229 e. The largest absolute Gasteiger partial charge is 0.324 e. The van der Waals surface area contributed by atoms with E-state index in [-0.39, 0.29) is 34.8 Å². The molecule has 0 aromatic heterocycles. The SMILES string of the molecule is Cc1ccc(N2CC(C(=O)Nc3cc(Cl)c(Cl)cc3Cl)CC2=O)cc1Cl. The molecule has 2 aromatic rings. The number of nitrogens with one attached hydrogen (secondary N) is 1. The lowest BCUT2D eigenvalue weighted by Gasteiger charge is -2.18. The van der Waals surface area contributed by atoms with E-state index in [1.807, 2.05) is 19.1 Å². The minimum Gasteiger partial charge on any atom is -0.324 e. The number of hydrogen-bond donors (Lipinski definition) is 1. The third-order valence-electron chi connectivity index (χ3n) is 4.23. The summed E-state index contributed by atoms with van der Waals surface area (Å²) in [6.07, 6.45) is 0.107. The third kappa shape index (κ3) is 3.94. The third-order valence-corrected chi connectivity index (χ3v) is 5.67. The first-order valence-corrected chi connectivity index (χ1v) is 9.29. The molecule has 0 bridgehead atoms. The maximum atomic E-state index is 12.6. The Morgan fingerprint density at radius 2 is 1.73 bits per heavy atom. The molecule has 0 saturated carbocycles. The van der Waals surface area contributed by atoms with E-state index in [2.05, 4.69) is 5.32 Å². The molecule has 0 spiro atoms. The highest BCUT2D eigenvalue weighted by Crippen LogP contribution is 2.34. The molecule has 1 aliphatic heterocycles. The first-order chi connectivity index (χ1) is 12.3. The number of amides is 2. The van der Waals surface area contributed by atoms with E-state index in [1.54, 1.807) is 11.0 Å². The zero-order valence-corrected chi connectivity index (χ0v) is 16.7. The van der Waals surface area contributed by atoms with Crippen molar-refractivity contribution in [2.75, 3.05) is 16.8 Å². The van der Waals surface area contributed by atoms with E-state index in [4.69, 9.17) is 46.4 Å². The summed E-state index contributed by atoms with van der Waals surface area (Å²) in [5.41, 5.74) is 1.95. The molecule has 0 aliphatic carbocycles. The summed E-state index contributed by atoms with van der Waals surface area (Å²) in [5, 5.41) is 4.15. The fourth-order valence-electron chi connectivity index (χ4n) is 2.74. The van der Waals surface area contributed by atoms with Gasteiger partial charge in [-0.2, -0.15) is 0 Å². The number of carbonyl (C=O) groups is 2. The van der Waals surface area contributed by atoms with Crippen molar-refractivity contribution in [2.45, 2.75) is 13.3 Å². The Hall–Kier alpha value is -1.46. The van der Waals surface area contributed by atoms with Crippen LogP contribution >= 0.6 is 46.4 Å². The monoisotopic (exact) mass is 430 g/mol. The number of rotatable bonds is 3. The first kappa shape index (κ1) is 19.3. The normalized spacial score (nSPS) is 16.9. The van der Waals surface area contributed by atoms with Gasteiger partial charge >= 0.3 is 0 Å². The smallest absolute Gasteiger partial charge is 0.229 e. The Morgan fingerprint density at radius 1 is 1.04 bits per heavy atom. The second-order valence-corrected chi connectivity index (χ2v) is 7.70. The van der Waals surface area contributed by atoms with Crippen molar-refractivity contribution in [1.82, 2.24) is 0 Å². The molecular formula is C18H14Cl4N2O2. The summed E-state index contributed by atoms with van der Waals surface area (Å²) in [5.74, 6) is -0.947. The number of carbonyl (C=O) groups excluding carboxylic acids is 2. The summed E-state index contributed by atoms with van der Waals surface area (Å²) in [6, 6.07) is 8.33. The van der Waals surface area contributed by atoms with E-state index in [1.165, 1.54) is 12.1 Å². The lowest BCUT2D eigenvalue weighted by atomic mass is 10.1. The topological polar surface area (TPSA) is 49.4 Å². The molecule has 136 valence electrons. The summed E-state index contributed by atoms with van der Waals surface area (Å²) in [7, 11) is 0. The molecule has 8 heteroatoms. The van der Waals surface area contributed by atoms with Gasteiger partial charge in [-0.1, -0.05) is 52.5 Å². The van der Waals surface area contributed by atoms with Gasteiger partial charge in [-0.15, -0.1) is 0 Å². The van der Waals surface area contributed by atoms with E-state index in [9.17, 15) is 9.59 Å². The van der Waals surface area contributed by atoms with Crippen LogP contribution in [0.15, 0.2) is 30.3 Å². The van der Waals surface area contributed by atoms with Gasteiger partial charge in [0.15, 0.2) is 0 Å². The molecule has 1 unspecified atom stereocenters. The van der Waals surface area contributed by atoms with Gasteiger partial charge in [0.2, 0.25) is 11.8 Å². The van der Waals surface area contributed by atoms with Gasteiger partial charge in [0, 0.05) is 23.7 Å². The minimum atomic E-state index is -0.506. The Bertz CT molecular complexity index is 901. The Morgan fingerprint density at radius 3 is 2.42 bits per heavy atom. The lowest BCUT2D eigenvalue weighted by Crippen LogP contribution is -2.28. The van der Waals surface area contributed by atoms with E-state index >= 15 is 0 Å². The van der Waals surface area contributed by atoms with Crippen LogP contribution in [0.3, 0.4) is 0 Å². The number of halogens is 4. The van der Waals surface area contributed by atoms with Gasteiger partial charge in [-0.25, -0.2) is 0 Å². The molecule has 2 amide bonds. The molecule has 2 aromatic carbocycles. The number of benzene rings is 2. The van der Waals surface area contributed by atoms with E-state index in [0.717, 1.165) is 5.56 Å². The van der Waals surface area contributed by atoms with Gasteiger partial charge in [-0.05, 0) is 36.8 Å². The second kappa shape index (κ2) is 7.65. The van der Waals surface area contributed by atoms with Crippen molar-refractivity contribution < 1.29 is 9.59 Å². The predicted molar refractivity (Wildman–Crippen MR) is 107 cm³/mol. The lowest BCUT2D eigenvalue weighted by molar-refractivity contribution is -0.122. The second-order valence-electron chi connectivity index (χ2n) is 6.07. The Labute approximate surface area is 171 Å². The average Bonchev–Trinajstić information content (AvgIpc) is 2.97. The van der Waals surface area contributed by atoms with Crippen LogP contribution in [0, 0.1) is 12.8 Å². The van der Waals surface area contributed by atoms with Crippen molar-refractivity contribution in [2.24, 2.45) is 5.92 Å². The molecule has 4 nitrogen and oxygen atoms in total. The van der Waals surface area contributed by atoms with Gasteiger partial charge in [-0.3, -0.25) is 9.59 Å². The van der Waals surface area contributed by atoms with Crippen LogP contribution in [-0.2, 0) is 9.59 Å². The molecule has 1 atom stereocenters. The van der Waals surface area contributed by atoms with Crippen molar-refractivity contribution in [3.8, 4) is 0 Å². The standard InChI is InChI=1S/C18H14Cl4N2O2/c1-9-2-3-11(5-12(9)19)24-8-10(4-17(24)25)18(26)23-16-7-14(21)13(20)6-15(16)22/h2-3,5-7,10H,4,8H2,1H3,(H,23,26). The molecule has 1 fully saturated rings. The van der Waals surface area contributed by atoms with Gasteiger partial charge in [0.1, 0.15) is 0 Å². The fraction of sp³-hybridized carbons (Fsp3) is 0.222. The quantitative estimate of drug-likeness (QED) is 0.643. The van der Waals surface area contributed by atoms with Crippen LogP contribution in [0.25, 0.3) is 0 Å². The van der Waals surface area contributed by atoms with E-state index in [0.29, 0.717) is 21.4 Å². The summed E-state index contributed by atoms with van der Waals surface area (Å²) in [6.45, 7) is 2.15. The number of anilines is 2. The fourth-order valence-corrected chi connectivity index (χ4v) is 3.50. The van der Waals surface area contributed by atoms with Crippen LogP contribution in [0.5, 0.6) is 0 Å². The van der Waals surface area contributed by atoms with Crippen molar-refractivity contribution >= 4 is 69.6 Å². The number of aryl methyl sites for hydroxylation is 1. The molecule has 1 aliphatic rings. The summed E-state index contributed by atoms with van der Waals surface area (Å²) >= 11 is 24.1.